The molecule has 2 aromatic rings. The molecule has 0 radical (unpaired) electrons. The average molecular weight is 312 g/mol. The molecule has 3 nitrogen and oxygen atoms in total. The number of nitrogens with zero attached hydrogens (tertiary/aromatic N) is 1. The van der Waals surface area contributed by atoms with Crippen LogP contribution < -0.4 is 0 Å². The third-order valence-electron chi connectivity index (χ3n) is 5.28. The average Bonchev–Trinajstić information content (AvgIpc) is 2.80. The summed E-state index contributed by atoms with van der Waals surface area (Å²) in [6.45, 7) is 0. The minimum absolute atomic E-state index is 0.316. The maximum Gasteiger partial charge on any atom is 0.222 e. The predicted molar refractivity (Wildman–Crippen MR) is 95.5 cm³/mol. The van der Waals surface area contributed by atoms with Gasteiger partial charge in [-0.15, -0.1) is 0 Å². The van der Waals surface area contributed by atoms with Gasteiger partial charge in [0.05, 0.1) is 0 Å². The number of fused-ring (bicyclic) bond motifs is 1. The first-order chi connectivity index (χ1) is 11.3. The van der Waals surface area contributed by atoms with Crippen LogP contribution in [0, 0.1) is 0 Å². The molecule has 1 heterocycles. The van der Waals surface area contributed by atoms with E-state index >= 15 is 0 Å². The molecule has 1 fully saturated rings. The van der Waals surface area contributed by atoms with Crippen LogP contribution in [0.25, 0.3) is 10.9 Å². The fraction of sp³-hybridized carbons (Fsp3) is 0.550. The second-order valence-corrected chi connectivity index (χ2v) is 6.86. The number of carbonyl (C=O) groups is 1. The summed E-state index contributed by atoms with van der Waals surface area (Å²) >= 11 is 0. The van der Waals surface area contributed by atoms with Gasteiger partial charge >= 0.3 is 0 Å². The standard InChI is InChI=1S/C20H28N2O/c1-22(17-10-4-2-3-5-11-17)20(23)14-8-9-16-15-21-19-13-7-6-12-18(16)19/h6-7,12-13,15,17,21H,2-5,8-11,14H2,1H3. The molecule has 1 aromatic carbocycles. The van der Waals surface area contributed by atoms with Crippen molar-refractivity contribution in [3.8, 4) is 0 Å². The van der Waals surface area contributed by atoms with Crippen LogP contribution in [-0.2, 0) is 11.2 Å². The highest BCUT2D eigenvalue weighted by atomic mass is 16.2. The molecular formula is C20H28N2O. The minimum atomic E-state index is 0.316. The van der Waals surface area contributed by atoms with E-state index in [4.69, 9.17) is 0 Å². The summed E-state index contributed by atoms with van der Waals surface area (Å²) in [5, 5.41) is 1.29. The Kier molecular flexibility index (Phi) is 5.37. The Balaban J connectivity index is 1.50. The summed E-state index contributed by atoms with van der Waals surface area (Å²) in [5.41, 5.74) is 2.51. The summed E-state index contributed by atoms with van der Waals surface area (Å²) in [4.78, 5) is 17.8. The topological polar surface area (TPSA) is 36.1 Å². The Morgan fingerprint density at radius 3 is 2.70 bits per heavy atom. The summed E-state index contributed by atoms with van der Waals surface area (Å²) in [6, 6.07) is 8.85. The first-order valence-corrected chi connectivity index (χ1v) is 9.06. The van der Waals surface area contributed by atoms with Gasteiger partial charge in [0, 0.05) is 36.6 Å². The van der Waals surface area contributed by atoms with Gasteiger partial charge in [0.2, 0.25) is 5.91 Å². The molecule has 0 atom stereocenters. The van der Waals surface area contributed by atoms with Crippen molar-refractivity contribution in [1.82, 2.24) is 9.88 Å². The van der Waals surface area contributed by atoms with E-state index in [-0.39, 0.29) is 0 Å². The number of para-hydroxylation sites is 1. The number of nitrogens with one attached hydrogen (secondary N) is 1. The highest BCUT2D eigenvalue weighted by molar-refractivity contribution is 5.83. The molecule has 0 spiro atoms. The molecule has 0 bridgehead atoms. The molecular weight excluding hydrogens is 284 g/mol. The number of hydrogen-bond donors (Lipinski definition) is 1. The van der Waals surface area contributed by atoms with Crippen LogP contribution in [0.3, 0.4) is 0 Å². The van der Waals surface area contributed by atoms with E-state index in [2.05, 4.69) is 29.4 Å². The molecule has 1 aromatic heterocycles. The van der Waals surface area contributed by atoms with E-state index < -0.39 is 0 Å². The lowest BCUT2D eigenvalue weighted by Crippen LogP contribution is -2.36. The molecule has 23 heavy (non-hydrogen) atoms. The molecule has 1 saturated carbocycles. The van der Waals surface area contributed by atoms with E-state index in [1.54, 1.807) is 0 Å². The maximum absolute atomic E-state index is 12.5. The molecule has 0 aliphatic heterocycles. The number of benzene rings is 1. The second-order valence-electron chi connectivity index (χ2n) is 6.86. The summed E-state index contributed by atoms with van der Waals surface area (Å²) in [7, 11) is 2.00. The monoisotopic (exact) mass is 312 g/mol. The van der Waals surface area contributed by atoms with E-state index in [1.807, 2.05) is 18.0 Å². The lowest BCUT2D eigenvalue weighted by Gasteiger charge is -2.27. The van der Waals surface area contributed by atoms with Gasteiger partial charge in [-0.05, 0) is 37.3 Å². The molecule has 124 valence electrons. The number of aryl methyl sites for hydroxylation is 1. The van der Waals surface area contributed by atoms with Crippen molar-refractivity contribution in [2.45, 2.75) is 63.8 Å². The molecule has 3 rings (SSSR count). The lowest BCUT2D eigenvalue weighted by atomic mass is 10.0. The second kappa shape index (κ2) is 7.67. The van der Waals surface area contributed by atoms with Crippen LogP contribution in [0.4, 0.5) is 0 Å². The van der Waals surface area contributed by atoms with Gasteiger partial charge in [-0.25, -0.2) is 0 Å². The first kappa shape index (κ1) is 16.1. The van der Waals surface area contributed by atoms with Gasteiger partial charge in [-0.3, -0.25) is 4.79 Å². The maximum atomic E-state index is 12.5. The number of carbonyl (C=O) groups excluding carboxylic acids is 1. The van der Waals surface area contributed by atoms with Crippen LogP contribution in [-0.4, -0.2) is 28.9 Å². The van der Waals surface area contributed by atoms with Gasteiger partial charge in [0.15, 0.2) is 0 Å². The van der Waals surface area contributed by atoms with Crippen LogP contribution in [0.1, 0.15) is 56.9 Å². The van der Waals surface area contributed by atoms with E-state index in [0.717, 1.165) is 12.8 Å². The molecule has 0 unspecified atom stereocenters. The zero-order valence-electron chi connectivity index (χ0n) is 14.2. The predicted octanol–water partition coefficient (Wildman–Crippen LogP) is 4.67. The molecule has 1 aliphatic rings. The number of H-pyrrole nitrogens is 1. The van der Waals surface area contributed by atoms with E-state index in [9.17, 15) is 4.79 Å². The molecule has 3 heteroatoms. The van der Waals surface area contributed by atoms with Gasteiger partial charge in [-0.2, -0.15) is 0 Å². The number of aromatic nitrogens is 1. The Bertz CT molecular complexity index is 638. The number of hydrogen-bond acceptors (Lipinski definition) is 1. The lowest BCUT2D eigenvalue weighted by molar-refractivity contribution is -0.132. The number of aromatic amines is 1. The van der Waals surface area contributed by atoms with Crippen LogP contribution in [0.2, 0.25) is 0 Å². The van der Waals surface area contributed by atoms with Crippen molar-refractivity contribution < 1.29 is 4.79 Å². The Hall–Kier alpha value is -1.77. The summed E-state index contributed by atoms with van der Waals surface area (Å²) < 4.78 is 0. The summed E-state index contributed by atoms with van der Waals surface area (Å²) in [5.74, 6) is 0.316. The van der Waals surface area contributed by atoms with Crippen LogP contribution in [0.5, 0.6) is 0 Å². The van der Waals surface area contributed by atoms with Crippen molar-refractivity contribution >= 4 is 16.8 Å². The Morgan fingerprint density at radius 2 is 1.91 bits per heavy atom. The Morgan fingerprint density at radius 1 is 1.17 bits per heavy atom. The highest BCUT2D eigenvalue weighted by Gasteiger charge is 2.20. The largest absolute Gasteiger partial charge is 0.361 e. The number of amides is 1. The molecule has 1 amide bonds. The van der Waals surface area contributed by atoms with Crippen molar-refractivity contribution in [3.05, 3.63) is 36.0 Å². The van der Waals surface area contributed by atoms with Gasteiger partial charge in [0.1, 0.15) is 0 Å². The first-order valence-electron chi connectivity index (χ1n) is 9.06. The summed E-state index contributed by atoms with van der Waals surface area (Å²) in [6.07, 6.45) is 12.2. The van der Waals surface area contributed by atoms with Gasteiger partial charge < -0.3 is 9.88 Å². The van der Waals surface area contributed by atoms with Crippen molar-refractivity contribution in [1.29, 1.82) is 0 Å². The van der Waals surface area contributed by atoms with Crippen LogP contribution >= 0.6 is 0 Å². The molecule has 1 N–H and O–H groups in total. The van der Waals surface area contributed by atoms with Crippen molar-refractivity contribution in [2.24, 2.45) is 0 Å². The normalized spacial score (nSPS) is 16.4. The SMILES string of the molecule is CN(C(=O)CCCc1c[nH]c2ccccc12)C1CCCCCC1. The van der Waals surface area contributed by atoms with E-state index in [0.29, 0.717) is 18.4 Å². The Labute approximate surface area is 139 Å². The smallest absolute Gasteiger partial charge is 0.222 e. The fourth-order valence-electron chi connectivity index (χ4n) is 3.79. The van der Waals surface area contributed by atoms with Gasteiger partial charge in [0.25, 0.3) is 0 Å². The molecule has 1 aliphatic carbocycles. The molecule has 0 saturated heterocycles. The number of rotatable bonds is 5. The quantitative estimate of drug-likeness (QED) is 0.800. The zero-order valence-corrected chi connectivity index (χ0v) is 14.2. The fourth-order valence-corrected chi connectivity index (χ4v) is 3.79. The minimum Gasteiger partial charge on any atom is -0.361 e. The zero-order chi connectivity index (χ0) is 16.1. The van der Waals surface area contributed by atoms with Crippen molar-refractivity contribution in [2.75, 3.05) is 7.05 Å². The van der Waals surface area contributed by atoms with Gasteiger partial charge in [-0.1, -0.05) is 43.9 Å². The van der Waals surface area contributed by atoms with Crippen molar-refractivity contribution in [3.63, 3.8) is 0 Å². The third kappa shape index (κ3) is 3.95. The van der Waals surface area contributed by atoms with E-state index in [1.165, 1.54) is 55.0 Å². The highest BCUT2D eigenvalue weighted by Crippen LogP contribution is 2.23. The van der Waals surface area contributed by atoms with Crippen LogP contribution in [0.15, 0.2) is 30.5 Å². The third-order valence-corrected chi connectivity index (χ3v) is 5.28.